The van der Waals surface area contributed by atoms with E-state index in [1.165, 1.54) is 0 Å². The number of benzene rings is 1. The molecule has 0 unspecified atom stereocenters. The number of hydrogen-bond donors (Lipinski definition) is 1. The smallest absolute Gasteiger partial charge is 0.317 e. The van der Waals surface area contributed by atoms with E-state index in [9.17, 15) is 4.79 Å². The molecule has 1 aromatic heterocycles. The maximum atomic E-state index is 12.5. The van der Waals surface area contributed by atoms with Crippen molar-refractivity contribution in [3.05, 3.63) is 36.4 Å². The second-order valence-corrected chi connectivity index (χ2v) is 6.32. The van der Waals surface area contributed by atoms with Gasteiger partial charge in [-0.25, -0.2) is 9.78 Å². The summed E-state index contributed by atoms with van der Waals surface area (Å²) in [5.74, 6) is 1.47. The average Bonchev–Trinajstić information content (AvgIpc) is 3.24. The number of nitrogens with one attached hydrogen (secondary N) is 1. The van der Waals surface area contributed by atoms with Crippen molar-refractivity contribution in [2.24, 2.45) is 0 Å². The van der Waals surface area contributed by atoms with Crippen LogP contribution in [-0.4, -0.2) is 77.5 Å². The monoisotopic (exact) mass is 374 g/mol. The number of urea groups is 1. The molecule has 27 heavy (non-hydrogen) atoms. The van der Waals surface area contributed by atoms with Crippen LogP contribution in [0, 0.1) is 0 Å². The summed E-state index contributed by atoms with van der Waals surface area (Å²) in [6.45, 7) is 5.22. The number of ether oxygens (including phenoxy) is 2. The molecule has 0 bridgehead atoms. The van der Waals surface area contributed by atoms with Crippen molar-refractivity contribution in [3.63, 3.8) is 0 Å². The van der Waals surface area contributed by atoms with E-state index in [4.69, 9.17) is 9.47 Å². The van der Waals surface area contributed by atoms with Crippen LogP contribution < -0.4 is 14.8 Å². The van der Waals surface area contributed by atoms with Crippen molar-refractivity contribution in [3.8, 4) is 11.5 Å². The fourth-order valence-electron chi connectivity index (χ4n) is 3.07. The molecule has 0 radical (unpaired) electrons. The Morgan fingerprint density at radius 2 is 1.96 bits per heavy atom. The third-order valence-corrected chi connectivity index (χ3v) is 4.69. The Bertz CT molecular complexity index is 729. The Morgan fingerprint density at radius 3 is 2.63 bits per heavy atom. The molecule has 1 N–H and O–H groups in total. The topological polar surface area (TPSA) is 84.8 Å². The number of rotatable bonds is 7. The number of hydrogen-bond acceptors (Lipinski definition) is 6. The highest BCUT2D eigenvalue weighted by Gasteiger charge is 2.21. The summed E-state index contributed by atoms with van der Waals surface area (Å²) in [6, 6.07) is 5.49. The van der Waals surface area contributed by atoms with Crippen LogP contribution in [0.5, 0.6) is 11.5 Å². The quantitative estimate of drug-likeness (QED) is 0.773. The van der Waals surface area contributed by atoms with Gasteiger partial charge in [0.2, 0.25) is 0 Å². The second-order valence-electron chi connectivity index (χ2n) is 6.32. The Kier molecular flexibility index (Phi) is 6.48. The molecule has 146 valence electrons. The Balaban J connectivity index is 1.44. The fraction of sp³-hybridized carbons (Fsp3) is 0.500. The van der Waals surface area contributed by atoms with E-state index in [0.29, 0.717) is 19.6 Å². The molecule has 1 aliphatic heterocycles. The molecule has 2 heterocycles. The van der Waals surface area contributed by atoms with Gasteiger partial charge >= 0.3 is 6.03 Å². The average molecular weight is 374 g/mol. The van der Waals surface area contributed by atoms with Gasteiger partial charge < -0.3 is 19.7 Å². The highest BCUT2D eigenvalue weighted by Crippen LogP contribution is 2.23. The Labute approximate surface area is 158 Å². The molecular weight excluding hydrogens is 348 g/mol. The van der Waals surface area contributed by atoms with Crippen molar-refractivity contribution in [1.82, 2.24) is 29.9 Å². The van der Waals surface area contributed by atoms with Gasteiger partial charge in [0, 0.05) is 44.8 Å². The third kappa shape index (κ3) is 5.10. The predicted molar refractivity (Wildman–Crippen MR) is 99.8 cm³/mol. The molecule has 1 aliphatic rings. The number of carbonyl (C=O) groups excluding carboxylic acids is 1. The minimum Gasteiger partial charge on any atom is -0.497 e. The molecule has 0 aliphatic carbocycles. The summed E-state index contributed by atoms with van der Waals surface area (Å²) in [5.41, 5.74) is 0.886. The van der Waals surface area contributed by atoms with Crippen molar-refractivity contribution in [2.45, 2.75) is 13.1 Å². The lowest BCUT2D eigenvalue weighted by Gasteiger charge is -2.34. The van der Waals surface area contributed by atoms with Gasteiger partial charge in [0.1, 0.15) is 24.2 Å². The zero-order valence-corrected chi connectivity index (χ0v) is 15.8. The highest BCUT2D eigenvalue weighted by molar-refractivity contribution is 5.74. The van der Waals surface area contributed by atoms with Gasteiger partial charge in [0.05, 0.1) is 20.8 Å². The minimum absolute atomic E-state index is 0.0594. The van der Waals surface area contributed by atoms with Gasteiger partial charge in [0.25, 0.3) is 0 Å². The standard InChI is InChI=1S/C18H26N6O3/c1-26-16-3-4-17(27-2)15(11-16)12-20-18(25)23-8-5-22(6-9-23)7-10-24-14-19-13-21-24/h3-4,11,13-14H,5-10,12H2,1-2H3,(H,20,25). The molecule has 1 saturated heterocycles. The molecule has 3 rings (SSSR count). The van der Waals surface area contributed by atoms with Crippen molar-refractivity contribution in [2.75, 3.05) is 46.9 Å². The number of carbonyl (C=O) groups is 1. The molecule has 1 fully saturated rings. The number of nitrogens with zero attached hydrogens (tertiary/aromatic N) is 5. The zero-order valence-electron chi connectivity index (χ0n) is 15.8. The molecule has 0 atom stereocenters. The van der Waals surface area contributed by atoms with Gasteiger partial charge in [-0.2, -0.15) is 5.10 Å². The van der Waals surface area contributed by atoms with E-state index in [1.807, 2.05) is 27.8 Å². The molecule has 1 aromatic carbocycles. The van der Waals surface area contributed by atoms with Gasteiger partial charge in [-0.15, -0.1) is 0 Å². The van der Waals surface area contributed by atoms with Crippen LogP contribution in [0.3, 0.4) is 0 Å². The molecule has 0 saturated carbocycles. The lowest BCUT2D eigenvalue weighted by atomic mass is 10.2. The van der Waals surface area contributed by atoms with E-state index in [1.54, 1.807) is 26.9 Å². The van der Waals surface area contributed by atoms with Gasteiger partial charge in [-0.3, -0.25) is 9.58 Å². The normalized spacial score (nSPS) is 14.8. The van der Waals surface area contributed by atoms with E-state index in [2.05, 4.69) is 20.3 Å². The largest absolute Gasteiger partial charge is 0.497 e. The molecule has 9 heteroatoms. The maximum absolute atomic E-state index is 12.5. The Morgan fingerprint density at radius 1 is 1.15 bits per heavy atom. The SMILES string of the molecule is COc1ccc(OC)c(CNC(=O)N2CCN(CCn3cncn3)CC2)c1. The van der Waals surface area contributed by atoms with Crippen molar-refractivity contribution < 1.29 is 14.3 Å². The summed E-state index contributed by atoms with van der Waals surface area (Å²) in [4.78, 5) is 20.6. The molecule has 9 nitrogen and oxygen atoms in total. The maximum Gasteiger partial charge on any atom is 0.317 e. The van der Waals surface area contributed by atoms with E-state index in [-0.39, 0.29) is 6.03 Å². The summed E-state index contributed by atoms with van der Waals surface area (Å²) < 4.78 is 12.4. The summed E-state index contributed by atoms with van der Waals surface area (Å²) >= 11 is 0. The van der Waals surface area contributed by atoms with E-state index in [0.717, 1.165) is 43.2 Å². The summed E-state index contributed by atoms with van der Waals surface area (Å²) in [7, 11) is 3.23. The minimum atomic E-state index is -0.0594. The van der Waals surface area contributed by atoms with Crippen LogP contribution in [0.25, 0.3) is 0 Å². The van der Waals surface area contributed by atoms with Crippen LogP contribution in [0.1, 0.15) is 5.56 Å². The highest BCUT2D eigenvalue weighted by atomic mass is 16.5. The summed E-state index contributed by atoms with van der Waals surface area (Å²) in [5, 5.41) is 7.08. The van der Waals surface area contributed by atoms with Crippen LogP contribution in [0.4, 0.5) is 4.79 Å². The Hall–Kier alpha value is -2.81. The number of amides is 2. The zero-order chi connectivity index (χ0) is 19.1. The first kappa shape index (κ1) is 19.0. The van der Waals surface area contributed by atoms with Crippen LogP contribution >= 0.6 is 0 Å². The molecule has 2 amide bonds. The summed E-state index contributed by atoms with van der Waals surface area (Å²) in [6.07, 6.45) is 3.26. The van der Waals surface area contributed by atoms with Gasteiger partial charge in [-0.05, 0) is 18.2 Å². The molecule has 2 aromatic rings. The third-order valence-electron chi connectivity index (χ3n) is 4.69. The van der Waals surface area contributed by atoms with Crippen molar-refractivity contribution >= 4 is 6.03 Å². The number of aromatic nitrogens is 3. The molecule has 0 spiro atoms. The van der Waals surface area contributed by atoms with Gasteiger partial charge in [0.15, 0.2) is 0 Å². The van der Waals surface area contributed by atoms with Crippen LogP contribution in [-0.2, 0) is 13.1 Å². The first-order valence-corrected chi connectivity index (χ1v) is 8.98. The first-order chi connectivity index (χ1) is 13.2. The first-order valence-electron chi connectivity index (χ1n) is 8.98. The lowest BCUT2D eigenvalue weighted by molar-refractivity contribution is 0.135. The molecular formula is C18H26N6O3. The van der Waals surface area contributed by atoms with E-state index >= 15 is 0 Å². The number of methoxy groups -OCH3 is 2. The number of piperazine rings is 1. The van der Waals surface area contributed by atoms with Crippen LogP contribution in [0.2, 0.25) is 0 Å². The van der Waals surface area contributed by atoms with Crippen LogP contribution in [0.15, 0.2) is 30.9 Å². The fourth-order valence-corrected chi connectivity index (χ4v) is 3.07. The second kappa shape index (κ2) is 9.22. The van der Waals surface area contributed by atoms with Gasteiger partial charge in [-0.1, -0.05) is 0 Å². The predicted octanol–water partition coefficient (Wildman–Crippen LogP) is 0.823. The lowest BCUT2D eigenvalue weighted by Crippen LogP contribution is -2.52. The van der Waals surface area contributed by atoms with E-state index < -0.39 is 0 Å². The van der Waals surface area contributed by atoms with Crippen molar-refractivity contribution in [1.29, 1.82) is 0 Å².